The van der Waals surface area contributed by atoms with Crippen LogP contribution in [0.25, 0.3) is 0 Å². The quantitative estimate of drug-likeness (QED) is 0.773. The molecule has 1 atom stereocenters. The van der Waals surface area contributed by atoms with Crippen molar-refractivity contribution >= 4 is 23.4 Å². The molecule has 3 heteroatoms. The summed E-state index contributed by atoms with van der Waals surface area (Å²) in [6.45, 7) is 0.179. The molecule has 0 bridgehead atoms. The summed E-state index contributed by atoms with van der Waals surface area (Å²) in [6, 6.07) is 7.77. The van der Waals surface area contributed by atoms with E-state index in [1.54, 1.807) is 0 Å². The molecule has 1 aromatic carbocycles. The zero-order valence-corrected chi connectivity index (χ0v) is 10.5. The first-order valence-corrected chi connectivity index (χ1v) is 6.91. The maximum Gasteiger partial charge on any atom is 0.0500 e. The Labute approximate surface area is 101 Å². The molecule has 0 aromatic heterocycles. The molecule has 0 aliphatic heterocycles. The van der Waals surface area contributed by atoms with Crippen LogP contribution < -0.4 is 0 Å². The highest BCUT2D eigenvalue weighted by molar-refractivity contribution is 7.98. The van der Waals surface area contributed by atoms with Crippen LogP contribution in [0.15, 0.2) is 24.3 Å². The first kappa shape index (κ1) is 12.9. The highest BCUT2D eigenvalue weighted by atomic mass is 35.5. The van der Waals surface area contributed by atoms with Gasteiger partial charge in [0.2, 0.25) is 0 Å². The lowest BCUT2D eigenvalue weighted by atomic mass is 9.95. The largest absolute Gasteiger partial charge is 0.396 e. The van der Waals surface area contributed by atoms with E-state index in [0.717, 1.165) is 29.2 Å². The molecule has 1 rings (SSSR count). The van der Waals surface area contributed by atoms with E-state index < -0.39 is 0 Å². The van der Waals surface area contributed by atoms with Crippen molar-refractivity contribution in [3.8, 4) is 0 Å². The highest BCUT2D eigenvalue weighted by Crippen LogP contribution is 2.27. The third-order valence-corrected chi connectivity index (χ3v) is 3.51. The molecular formula is C12H17ClOS. The number of aliphatic hydroxyl groups is 1. The molecule has 0 fully saturated rings. The summed E-state index contributed by atoms with van der Waals surface area (Å²) < 4.78 is 0. The fourth-order valence-corrected chi connectivity index (χ4v) is 2.37. The molecule has 0 saturated heterocycles. The van der Waals surface area contributed by atoms with Crippen LogP contribution in [0.4, 0.5) is 0 Å². The fraction of sp³-hybridized carbons (Fsp3) is 0.500. The molecule has 1 nitrogen and oxygen atoms in total. The van der Waals surface area contributed by atoms with Gasteiger partial charge in [-0.05, 0) is 36.5 Å². The molecule has 0 spiro atoms. The van der Waals surface area contributed by atoms with E-state index in [1.807, 2.05) is 36.0 Å². The van der Waals surface area contributed by atoms with Gasteiger partial charge in [-0.1, -0.05) is 29.8 Å². The first-order chi connectivity index (χ1) is 7.29. The molecule has 0 radical (unpaired) electrons. The Morgan fingerprint density at radius 1 is 1.40 bits per heavy atom. The van der Waals surface area contributed by atoms with Crippen LogP contribution in [-0.4, -0.2) is 23.7 Å². The summed E-state index contributed by atoms with van der Waals surface area (Å²) in [6.07, 6.45) is 4.22. The second-order valence-electron chi connectivity index (χ2n) is 3.54. The number of hydrogen-bond acceptors (Lipinski definition) is 2. The predicted octanol–water partition coefficient (Wildman–Crippen LogP) is 3.56. The lowest BCUT2D eigenvalue weighted by molar-refractivity contribution is 0.259. The number of rotatable bonds is 6. The fourth-order valence-electron chi connectivity index (χ4n) is 1.63. The van der Waals surface area contributed by atoms with Crippen molar-refractivity contribution in [1.29, 1.82) is 0 Å². The van der Waals surface area contributed by atoms with Gasteiger partial charge in [-0.25, -0.2) is 0 Å². The molecule has 1 N–H and O–H groups in total. The Morgan fingerprint density at radius 3 is 2.73 bits per heavy atom. The van der Waals surface area contributed by atoms with Crippen LogP contribution in [0, 0.1) is 0 Å². The van der Waals surface area contributed by atoms with E-state index >= 15 is 0 Å². The van der Waals surface area contributed by atoms with Gasteiger partial charge in [0.1, 0.15) is 0 Å². The molecule has 0 amide bonds. The number of thioether (sulfide) groups is 1. The van der Waals surface area contributed by atoms with Gasteiger partial charge >= 0.3 is 0 Å². The standard InChI is InChI=1S/C12H17ClOS/c1-15-8-4-5-10(9-14)11-6-2-3-7-12(11)13/h2-3,6-7,10,14H,4-5,8-9H2,1H3. The first-order valence-electron chi connectivity index (χ1n) is 5.13. The Hall–Kier alpha value is -0.180. The monoisotopic (exact) mass is 244 g/mol. The van der Waals surface area contributed by atoms with Crippen molar-refractivity contribution < 1.29 is 5.11 Å². The Bertz CT molecular complexity index is 291. The van der Waals surface area contributed by atoms with Gasteiger partial charge < -0.3 is 5.11 Å². The molecule has 0 aliphatic rings. The van der Waals surface area contributed by atoms with Crippen LogP contribution >= 0.6 is 23.4 Å². The third-order valence-electron chi connectivity index (χ3n) is 2.47. The van der Waals surface area contributed by atoms with E-state index in [-0.39, 0.29) is 12.5 Å². The topological polar surface area (TPSA) is 20.2 Å². The van der Waals surface area contributed by atoms with Crippen LogP contribution in [0.5, 0.6) is 0 Å². The van der Waals surface area contributed by atoms with Crippen molar-refractivity contribution in [2.75, 3.05) is 18.6 Å². The predicted molar refractivity (Wildman–Crippen MR) is 68.9 cm³/mol. The van der Waals surface area contributed by atoms with Gasteiger partial charge in [0.05, 0.1) is 0 Å². The Balaban J connectivity index is 2.61. The number of benzene rings is 1. The molecule has 15 heavy (non-hydrogen) atoms. The molecule has 0 saturated carbocycles. The summed E-state index contributed by atoms with van der Waals surface area (Å²) in [7, 11) is 0. The summed E-state index contributed by atoms with van der Waals surface area (Å²) >= 11 is 7.93. The van der Waals surface area contributed by atoms with Crippen molar-refractivity contribution in [2.24, 2.45) is 0 Å². The normalized spacial score (nSPS) is 12.7. The number of hydrogen-bond donors (Lipinski definition) is 1. The number of halogens is 1. The molecule has 1 aromatic rings. The van der Waals surface area contributed by atoms with Gasteiger partial charge in [0.25, 0.3) is 0 Å². The minimum Gasteiger partial charge on any atom is -0.396 e. The minimum atomic E-state index is 0.179. The number of aliphatic hydroxyl groups excluding tert-OH is 1. The second kappa shape index (κ2) is 7.15. The Morgan fingerprint density at radius 2 is 2.13 bits per heavy atom. The molecule has 84 valence electrons. The van der Waals surface area contributed by atoms with Gasteiger partial charge in [-0.15, -0.1) is 0 Å². The van der Waals surface area contributed by atoms with E-state index in [9.17, 15) is 5.11 Å². The van der Waals surface area contributed by atoms with Crippen molar-refractivity contribution in [3.63, 3.8) is 0 Å². The third kappa shape index (κ3) is 4.06. The van der Waals surface area contributed by atoms with Crippen LogP contribution in [0.1, 0.15) is 24.3 Å². The SMILES string of the molecule is CSCCCC(CO)c1ccccc1Cl. The highest BCUT2D eigenvalue weighted by Gasteiger charge is 2.12. The maximum absolute atomic E-state index is 9.34. The average molecular weight is 245 g/mol. The molecule has 0 heterocycles. The van der Waals surface area contributed by atoms with Gasteiger partial charge in [0.15, 0.2) is 0 Å². The van der Waals surface area contributed by atoms with Crippen molar-refractivity contribution in [1.82, 2.24) is 0 Å². The van der Waals surface area contributed by atoms with Crippen LogP contribution in [0.2, 0.25) is 5.02 Å². The van der Waals surface area contributed by atoms with E-state index in [2.05, 4.69) is 6.26 Å². The summed E-state index contributed by atoms with van der Waals surface area (Å²) in [5.74, 6) is 1.33. The van der Waals surface area contributed by atoms with Gasteiger partial charge in [-0.2, -0.15) is 11.8 Å². The van der Waals surface area contributed by atoms with Crippen LogP contribution in [-0.2, 0) is 0 Å². The average Bonchev–Trinajstić information content (AvgIpc) is 2.26. The maximum atomic E-state index is 9.34. The van der Waals surface area contributed by atoms with E-state index in [4.69, 9.17) is 11.6 Å². The lowest BCUT2D eigenvalue weighted by Crippen LogP contribution is -2.05. The van der Waals surface area contributed by atoms with Gasteiger partial charge in [0, 0.05) is 17.5 Å². The molecular weight excluding hydrogens is 228 g/mol. The Kier molecular flexibility index (Phi) is 6.15. The molecule has 0 aliphatic carbocycles. The van der Waals surface area contributed by atoms with Crippen molar-refractivity contribution in [3.05, 3.63) is 34.9 Å². The van der Waals surface area contributed by atoms with Crippen molar-refractivity contribution in [2.45, 2.75) is 18.8 Å². The second-order valence-corrected chi connectivity index (χ2v) is 4.93. The summed E-state index contributed by atoms with van der Waals surface area (Å²) in [5, 5.41) is 10.1. The zero-order chi connectivity index (χ0) is 11.1. The minimum absolute atomic E-state index is 0.179. The molecule has 1 unspecified atom stereocenters. The van der Waals surface area contributed by atoms with E-state index in [0.29, 0.717) is 0 Å². The zero-order valence-electron chi connectivity index (χ0n) is 8.95. The smallest absolute Gasteiger partial charge is 0.0500 e. The summed E-state index contributed by atoms with van der Waals surface area (Å²) in [5.41, 5.74) is 1.07. The van der Waals surface area contributed by atoms with Gasteiger partial charge in [-0.3, -0.25) is 0 Å². The van der Waals surface area contributed by atoms with E-state index in [1.165, 1.54) is 0 Å². The summed E-state index contributed by atoms with van der Waals surface area (Å²) in [4.78, 5) is 0. The lowest BCUT2D eigenvalue weighted by Gasteiger charge is -2.15. The van der Waals surface area contributed by atoms with Crippen LogP contribution in [0.3, 0.4) is 0 Å².